The molecule has 0 bridgehead atoms. The molecule has 2 aromatic rings. The van der Waals surface area contributed by atoms with E-state index in [0.717, 1.165) is 15.6 Å². The van der Waals surface area contributed by atoms with Crippen molar-refractivity contribution in [1.29, 1.82) is 0 Å². The van der Waals surface area contributed by atoms with E-state index in [4.69, 9.17) is 14.2 Å². The van der Waals surface area contributed by atoms with Crippen LogP contribution in [0.1, 0.15) is 38.7 Å². The van der Waals surface area contributed by atoms with E-state index in [0.29, 0.717) is 36.1 Å². The first-order valence-corrected chi connectivity index (χ1v) is 11.4. The Labute approximate surface area is 201 Å². The minimum absolute atomic E-state index is 0.0187. The van der Waals surface area contributed by atoms with Crippen LogP contribution in [0.15, 0.2) is 41.5 Å². The number of halogens is 1. The lowest BCUT2D eigenvalue weighted by molar-refractivity contribution is -0.124. The van der Waals surface area contributed by atoms with Crippen molar-refractivity contribution in [2.75, 3.05) is 25.6 Å². The molecule has 0 aromatic heterocycles. The van der Waals surface area contributed by atoms with Crippen molar-refractivity contribution in [3.8, 4) is 17.2 Å². The lowest BCUT2D eigenvalue weighted by Gasteiger charge is -2.14. The van der Waals surface area contributed by atoms with Gasteiger partial charge in [-0.25, -0.2) is 5.43 Å². The van der Waals surface area contributed by atoms with Crippen LogP contribution in [-0.2, 0) is 9.59 Å². The number of anilines is 1. The average molecular weight is 553 g/mol. The first-order chi connectivity index (χ1) is 15.5. The molecule has 2 N–H and O–H groups in total. The summed E-state index contributed by atoms with van der Waals surface area (Å²) in [6, 6.07) is 10.7. The van der Waals surface area contributed by atoms with Crippen LogP contribution in [-0.4, -0.2) is 38.4 Å². The monoisotopic (exact) mass is 553 g/mol. The first-order valence-electron chi connectivity index (χ1n) is 10.3. The quantitative estimate of drug-likeness (QED) is 0.231. The van der Waals surface area contributed by atoms with Crippen molar-refractivity contribution in [3.63, 3.8) is 0 Å². The maximum Gasteiger partial charge on any atom is 0.240 e. The van der Waals surface area contributed by atoms with Gasteiger partial charge in [0.2, 0.25) is 11.8 Å². The normalized spacial score (nSPS) is 10.6. The standard InChI is InChI=1S/C23H28IN3O5/c1-4-12-32-23-19(24)13-16(14-20(23)31-5-2)15-25-27-22(29)11-10-21(28)26-17-6-8-18(30-3)9-7-17/h6-9,13-15H,4-5,10-12H2,1-3H3,(H,26,28)(H,27,29). The topological polar surface area (TPSA) is 98.2 Å². The highest BCUT2D eigenvalue weighted by Crippen LogP contribution is 2.34. The second kappa shape index (κ2) is 13.6. The van der Waals surface area contributed by atoms with Gasteiger partial charge in [-0.1, -0.05) is 6.92 Å². The van der Waals surface area contributed by atoms with Crippen LogP contribution in [0.25, 0.3) is 0 Å². The highest BCUT2D eigenvalue weighted by atomic mass is 127. The lowest BCUT2D eigenvalue weighted by Crippen LogP contribution is -2.20. The fourth-order valence-corrected chi connectivity index (χ4v) is 3.41. The molecule has 9 heteroatoms. The molecule has 0 aliphatic heterocycles. The summed E-state index contributed by atoms with van der Waals surface area (Å²) in [5, 5.41) is 6.72. The number of nitrogens with one attached hydrogen (secondary N) is 2. The van der Waals surface area contributed by atoms with Gasteiger partial charge in [-0.3, -0.25) is 9.59 Å². The van der Waals surface area contributed by atoms with E-state index in [1.54, 1.807) is 31.4 Å². The smallest absolute Gasteiger partial charge is 0.240 e. The summed E-state index contributed by atoms with van der Waals surface area (Å²) in [7, 11) is 1.57. The van der Waals surface area contributed by atoms with E-state index in [1.165, 1.54) is 6.21 Å². The molecule has 8 nitrogen and oxygen atoms in total. The first kappa shape index (κ1) is 25.4. The molecule has 0 heterocycles. The van der Waals surface area contributed by atoms with Gasteiger partial charge in [-0.2, -0.15) is 5.10 Å². The van der Waals surface area contributed by atoms with Gasteiger partial charge >= 0.3 is 0 Å². The van der Waals surface area contributed by atoms with Crippen LogP contribution in [0.2, 0.25) is 0 Å². The third-order valence-electron chi connectivity index (χ3n) is 4.14. The van der Waals surface area contributed by atoms with Crippen molar-refractivity contribution >= 4 is 46.3 Å². The Morgan fingerprint density at radius 2 is 1.78 bits per heavy atom. The van der Waals surface area contributed by atoms with Crippen molar-refractivity contribution < 1.29 is 23.8 Å². The summed E-state index contributed by atoms with van der Waals surface area (Å²) in [6.07, 6.45) is 2.49. The number of carbonyl (C=O) groups is 2. The van der Waals surface area contributed by atoms with Gasteiger partial charge in [0.15, 0.2) is 11.5 Å². The number of hydrazone groups is 1. The third kappa shape index (κ3) is 8.37. The molecule has 0 aliphatic rings. The molecule has 0 atom stereocenters. The largest absolute Gasteiger partial charge is 0.497 e. The number of amides is 2. The summed E-state index contributed by atoms with van der Waals surface area (Å²) < 4.78 is 17.4. The Morgan fingerprint density at radius 1 is 1.06 bits per heavy atom. The van der Waals surface area contributed by atoms with Crippen LogP contribution >= 0.6 is 22.6 Å². The molecule has 2 amide bonds. The van der Waals surface area contributed by atoms with E-state index < -0.39 is 0 Å². The summed E-state index contributed by atoms with van der Waals surface area (Å²) in [5.74, 6) is 1.43. The Hall–Kier alpha value is -2.82. The number of rotatable bonds is 12. The Bertz CT molecular complexity index is 932. The van der Waals surface area contributed by atoms with E-state index in [9.17, 15) is 9.59 Å². The van der Waals surface area contributed by atoms with Crippen molar-refractivity contribution in [2.45, 2.75) is 33.1 Å². The highest BCUT2D eigenvalue weighted by molar-refractivity contribution is 14.1. The van der Waals surface area contributed by atoms with Gasteiger partial charge in [-0.15, -0.1) is 0 Å². The zero-order chi connectivity index (χ0) is 23.3. The molecule has 0 radical (unpaired) electrons. The molecule has 0 fully saturated rings. The Balaban J connectivity index is 1.86. The van der Waals surface area contributed by atoms with Gasteiger partial charge in [0, 0.05) is 18.5 Å². The summed E-state index contributed by atoms with van der Waals surface area (Å²) in [4.78, 5) is 24.0. The maximum absolute atomic E-state index is 12.0. The fourth-order valence-electron chi connectivity index (χ4n) is 2.63. The van der Waals surface area contributed by atoms with Crippen molar-refractivity contribution in [3.05, 3.63) is 45.5 Å². The number of carbonyl (C=O) groups excluding carboxylic acids is 2. The molecule has 0 aliphatic carbocycles. The zero-order valence-electron chi connectivity index (χ0n) is 18.4. The van der Waals surface area contributed by atoms with Crippen LogP contribution in [0, 0.1) is 3.57 Å². The third-order valence-corrected chi connectivity index (χ3v) is 4.94. The number of nitrogens with zero attached hydrogens (tertiary/aromatic N) is 1. The van der Waals surface area contributed by atoms with Crippen molar-refractivity contribution in [2.24, 2.45) is 5.10 Å². The van der Waals surface area contributed by atoms with Gasteiger partial charge in [-0.05, 0) is 77.9 Å². The van der Waals surface area contributed by atoms with Gasteiger partial charge in [0.1, 0.15) is 5.75 Å². The van der Waals surface area contributed by atoms with Crippen LogP contribution in [0.5, 0.6) is 17.2 Å². The van der Waals surface area contributed by atoms with Gasteiger partial charge in [0.25, 0.3) is 0 Å². The average Bonchev–Trinajstić information content (AvgIpc) is 2.78. The fraction of sp³-hybridized carbons (Fsp3) is 0.348. The number of methoxy groups -OCH3 is 1. The molecule has 0 saturated heterocycles. The molecule has 172 valence electrons. The number of benzene rings is 2. The van der Waals surface area contributed by atoms with E-state index in [1.807, 2.05) is 26.0 Å². The predicted molar refractivity (Wildman–Crippen MR) is 133 cm³/mol. The molecule has 2 aromatic carbocycles. The number of hydrogen-bond acceptors (Lipinski definition) is 6. The van der Waals surface area contributed by atoms with Crippen molar-refractivity contribution in [1.82, 2.24) is 5.43 Å². The second-order valence-corrected chi connectivity index (χ2v) is 7.84. The molecule has 0 unspecified atom stereocenters. The molecule has 2 rings (SSSR count). The summed E-state index contributed by atoms with van der Waals surface area (Å²) in [5.41, 5.74) is 3.85. The van der Waals surface area contributed by atoms with Crippen LogP contribution in [0.4, 0.5) is 5.69 Å². The molecular weight excluding hydrogens is 525 g/mol. The van der Waals surface area contributed by atoms with Crippen LogP contribution in [0.3, 0.4) is 0 Å². The SMILES string of the molecule is CCCOc1c(I)cc(C=NNC(=O)CCC(=O)Nc2ccc(OC)cc2)cc1OCC. The predicted octanol–water partition coefficient (Wildman–Crippen LogP) is 4.36. The zero-order valence-corrected chi connectivity index (χ0v) is 20.6. The Morgan fingerprint density at radius 3 is 2.44 bits per heavy atom. The molecule has 0 spiro atoms. The van der Waals surface area contributed by atoms with E-state index in [2.05, 4.69) is 38.4 Å². The summed E-state index contributed by atoms with van der Waals surface area (Å²) >= 11 is 2.18. The minimum Gasteiger partial charge on any atom is -0.497 e. The number of ether oxygens (including phenoxy) is 3. The Kier molecular flexibility index (Phi) is 10.8. The second-order valence-electron chi connectivity index (χ2n) is 6.68. The lowest BCUT2D eigenvalue weighted by atomic mass is 10.2. The molecule has 32 heavy (non-hydrogen) atoms. The number of hydrogen-bond donors (Lipinski definition) is 2. The van der Waals surface area contributed by atoms with Crippen LogP contribution < -0.4 is 25.0 Å². The maximum atomic E-state index is 12.0. The molecular formula is C23H28IN3O5. The van der Waals surface area contributed by atoms with E-state index in [-0.39, 0.29) is 24.7 Å². The van der Waals surface area contributed by atoms with Gasteiger partial charge in [0.05, 0.1) is 30.1 Å². The summed E-state index contributed by atoms with van der Waals surface area (Å²) in [6.45, 7) is 5.06. The highest BCUT2D eigenvalue weighted by Gasteiger charge is 2.12. The van der Waals surface area contributed by atoms with E-state index >= 15 is 0 Å². The molecule has 0 saturated carbocycles. The van der Waals surface area contributed by atoms with Gasteiger partial charge < -0.3 is 19.5 Å². The minimum atomic E-state index is -0.353.